The van der Waals surface area contributed by atoms with Gasteiger partial charge in [-0.15, -0.1) is 0 Å². The number of rotatable bonds is 6. The van der Waals surface area contributed by atoms with Crippen molar-refractivity contribution in [2.75, 3.05) is 6.54 Å². The third-order valence-corrected chi connectivity index (χ3v) is 4.05. The molecule has 1 aromatic carbocycles. The smallest absolute Gasteiger partial charge is 0.260 e. The van der Waals surface area contributed by atoms with E-state index in [2.05, 4.69) is 5.32 Å². The SMILES string of the molecule is CC(Oc1ccc(Cl)c(Cl)c1)C(=O)NCC(N)C1CC1. The first kappa shape index (κ1) is 15.4. The highest BCUT2D eigenvalue weighted by Gasteiger charge is 2.29. The number of ether oxygens (including phenoxy) is 1. The fourth-order valence-corrected chi connectivity index (χ4v) is 2.15. The molecule has 1 aromatic rings. The van der Waals surface area contributed by atoms with Crippen LogP contribution in [0.3, 0.4) is 0 Å². The van der Waals surface area contributed by atoms with Crippen molar-refractivity contribution in [3.63, 3.8) is 0 Å². The Morgan fingerprint density at radius 2 is 2.15 bits per heavy atom. The summed E-state index contributed by atoms with van der Waals surface area (Å²) < 4.78 is 5.52. The molecule has 0 radical (unpaired) electrons. The average Bonchev–Trinajstić information content (AvgIpc) is 3.24. The first-order chi connectivity index (χ1) is 9.47. The van der Waals surface area contributed by atoms with E-state index in [1.54, 1.807) is 25.1 Å². The van der Waals surface area contributed by atoms with E-state index in [1.165, 1.54) is 0 Å². The van der Waals surface area contributed by atoms with Crippen LogP contribution >= 0.6 is 23.2 Å². The second kappa shape index (κ2) is 6.66. The highest BCUT2D eigenvalue weighted by molar-refractivity contribution is 6.42. The third kappa shape index (κ3) is 4.27. The summed E-state index contributed by atoms with van der Waals surface area (Å²) in [4.78, 5) is 11.9. The molecule has 1 aliphatic carbocycles. The van der Waals surface area contributed by atoms with Crippen LogP contribution < -0.4 is 15.8 Å². The molecule has 0 bridgehead atoms. The van der Waals surface area contributed by atoms with Crippen LogP contribution in [0.5, 0.6) is 5.75 Å². The van der Waals surface area contributed by atoms with Crippen molar-refractivity contribution in [3.05, 3.63) is 28.2 Å². The van der Waals surface area contributed by atoms with Gasteiger partial charge in [0, 0.05) is 18.7 Å². The summed E-state index contributed by atoms with van der Waals surface area (Å²) in [6, 6.07) is 4.93. The standard InChI is InChI=1S/C14H18Cl2N2O2/c1-8(14(19)18-7-13(17)9-2-3-9)20-10-4-5-11(15)12(16)6-10/h4-6,8-9,13H,2-3,7,17H2,1H3,(H,18,19). The minimum absolute atomic E-state index is 0.0381. The van der Waals surface area contributed by atoms with Crippen LogP contribution in [-0.4, -0.2) is 24.6 Å². The van der Waals surface area contributed by atoms with E-state index in [1.807, 2.05) is 0 Å². The second-order valence-electron chi connectivity index (χ2n) is 5.08. The fraction of sp³-hybridized carbons (Fsp3) is 0.500. The molecule has 4 nitrogen and oxygen atoms in total. The minimum Gasteiger partial charge on any atom is -0.481 e. The number of amides is 1. The van der Waals surface area contributed by atoms with Crippen LogP contribution in [0.4, 0.5) is 0 Å². The van der Waals surface area contributed by atoms with Gasteiger partial charge in [-0.3, -0.25) is 4.79 Å². The van der Waals surface area contributed by atoms with Crippen LogP contribution in [-0.2, 0) is 4.79 Å². The molecular formula is C14H18Cl2N2O2. The Hall–Kier alpha value is -0.970. The second-order valence-corrected chi connectivity index (χ2v) is 5.90. The third-order valence-electron chi connectivity index (χ3n) is 3.31. The van der Waals surface area contributed by atoms with E-state index >= 15 is 0 Å². The van der Waals surface area contributed by atoms with Crippen LogP contribution in [0.1, 0.15) is 19.8 Å². The van der Waals surface area contributed by atoms with E-state index in [0.29, 0.717) is 28.3 Å². The summed E-state index contributed by atoms with van der Waals surface area (Å²) >= 11 is 11.7. The van der Waals surface area contributed by atoms with E-state index < -0.39 is 6.10 Å². The number of hydrogen-bond acceptors (Lipinski definition) is 3. The lowest BCUT2D eigenvalue weighted by atomic mass is 10.2. The molecule has 0 aliphatic heterocycles. The quantitative estimate of drug-likeness (QED) is 0.848. The highest BCUT2D eigenvalue weighted by atomic mass is 35.5. The van der Waals surface area contributed by atoms with E-state index in [-0.39, 0.29) is 11.9 Å². The summed E-state index contributed by atoms with van der Waals surface area (Å²) in [6.45, 7) is 2.17. The zero-order chi connectivity index (χ0) is 14.7. The summed E-state index contributed by atoms with van der Waals surface area (Å²) in [7, 11) is 0. The van der Waals surface area contributed by atoms with Crippen molar-refractivity contribution < 1.29 is 9.53 Å². The molecule has 1 saturated carbocycles. The van der Waals surface area contributed by atoms with E-state index in [0.717, 1.165) is 12.8 Å². The average molecular weight is 317 g/mol. The van der Waals surface area contributed by atoms with Crippen LogP contribution in [0.2, 0.25) is 10.0 Å². The first-order valence-corrected chi connectivity index (χ1v) is 7.38. The molecule has 2 atom stereocenters. The zero-order valence-corrected chi connectivity index (χ0v) is 12.7. The lowest BCUT2D eigenvalue weighted by Gasteiger charge is -2.17. The number of benzene rings is 1. The van der Waals surface area contributed by atoms with Gasteiger partial charge in [0.15, 0.2) is 6.10 Å². The lowest BCUT2D eigenvalue weighted by Crippen LogP contribution is -2.43. The predicted octanol–water partition coefficient (Wildman–Crippen LogP) is 2.61. The van der Waals surface area contributed by atoms with Gasteiger partial charge >= 0.3 is 0 Å². The number of nitrogens with two attached hydrogens (primary N) is 1. The fourth-order valence-electron chi connectivity index (χ4n) is 1.86. The van der Waals surface area contributed by atoms with Crippen LogP contribution in [0.25, 0.3) is 0 Å². The van der Waals surface area contributed by atoms with Gasteiger partial charge in [-0.1, -0.05) is 23.2 Å². The number of hydrogen-bond donors (Lipinski definition) is 2. The number of carbonyl (C=O) groups excluding carboxylic acids is 1. The molecule has 20 heavy (non-hydrogen) atoms. The Bertz CT molecular complexity index is 492. The Kier molecular flexibility index (Phi) is 5.13. The number of carbonyl (C=O) groups is 1. The van der Waals surface area contributed by atoms with Gasteiger partial charge in [-0.05, 0) is 37.8 Å². The van der Waals surface area contributed by atoms with Crippen LogP contribution in [0.15, 0.2) is 18.2 Å². The molecular weight excluding hydrogens is 299 g/mol. The number of nitrogens with one attached hydrogen (secondary N) is 1. The normalized spacial score (nSPS) is 17.4. The van der Waals surface area contributed by atoms with Crippen molar-refractivity contribution in [3.8, 4) is 5.75 Å². The Balaban J connectivity index is 1.81. The molecule has 110 valence electrons. The molecule has 0 saturated heterocycles. The maximum absolute atomic E-state index is 11.9. The van der Waals surface area contributed by atoms with Crippen molar-refractivity contribution >= 4 is 29.1 Å². The topological polar surface area (TPSA) is 64.3 Å². The Morgan fingerprint density at radius 1 is 1.45 bits per heavy atom. The van der Waals surface area contributed by atoms with Crippen LogP contribution in [0, 0.1) is 5.92 Å². The molecule has 2 rings (SSSR count). The van der Waals surface area contributed by atoms with Gasteiger partial charge in [0.2, 0.25) is 0 Å². The van der Waals surface area contributed by atoms with E-state index in [4.69, 9.17) is 33.7 Å². The molecule has 1 aliphatic rings. The van der Waals surface area contributed by atoms with Gasteiger partial charge in [-0.2, -0.15) is 0 Å². The largest absolute Gasteiger partial charge is 0.481 e. The first-order valence-electron chi connectivity index (χ1n) is 6.62. The number of halogens is 2. The zero-order valence-electron chi connectivity index (χ0n) is 11.2. The van der Waals surface area contributed by atoms with Gasteiger partial charge in [-0.25, -0.2) is 0 Å². The van der Waals surface area contributed by atoms with E-state index in [9.17, 15) is 4.79 Å². The van der Waals surface area contributed by atoms with Gasteiger partial charge < -0.3 is 15.8 Å². The molecule has 0 heterocycles. The summed E-state index contributed by atoms with van der Waals surface area (Å²) in [5, 5.41) is 3.65. The molecule has 1 amide bonds. The van der Waals surface area contributed by atoms with Crippen molar-refractivity contribution in [2.24, 2.45) is 11.7 Å². The Morgan fingerprint density at radius 3 is 2.75 bits per heavy atom. The molecule has 2 unspecified atom stereocenters. The van der Waals surface area contributed by atoms with Gasteiger partial charge in [0.25, 0.3) is 5.91 Å². The van der Waals surface area contributed by atoms with Crippen molar-refractivity contribution in [1.29, 1.82) is 0 Å². The maximum Gasteiger partial charge on any atom is 0.260 e. The highest BCUT2D eigenvalue weighted by Crippen LogP contribution is 2.31. The van der Waals surface area contributed by atoms with Crippen molar-refractivity contribution in [1.82, 2.24) is 5.32 Å². The summed E-state index contributed by atoms with van der Waals surface area (Å²) in [5.74, 6) is 0.877. The molecule has 6 heteroatoms. The molecule has 0 aromatic heterocycles. The molecule has 1 fully saturated rings. The Labute approximate surface area is 128 Å². The maximum atomic E-state index is 11.9. The van der Waals surface area contributed by atoms with Crippen molar-refractivity contribution in [2.45, 2.75) is 31.9 Å². The van der Waals surface area contributed by atoms with Gasteiger partial charge in [0.1, 0.15) is 5.75 Å². The molecule has 3 N–H and O–H groups in total. The lowest BCUT2D eigenvalue weighted by molar-refractivity contribution is -0.127. The predicted molar refractivity (Wildman–Crippen MR) is 80.3 cm³/mol. The summed E-state index contributed by atoms with van der Waals surface area (Å²) in [6.07, 6.45) is 1.71. The van der Waals surface area contributed by atoms with Gasteiger partial charge in [0.05, 0.1) is 10.0 Å². The summed E-state index contributed by atoms with van der Waals surface area (Å²) in [5.41, 5.74) is 5.93. The molecule has 0 spiro atoms. The minimum atomic E-state index is -0.612. The monoisotopic (exact) mass is 316 g/mol.